The monoisotopic (exact) mass is 447 g/mol. The number of fused-ring (bicyclic) bond motifs is 1. The zero-order valence-electron chi connectivity index (χ0n) is 18.2. The van der Waals surface area contributed by atoms with Gasteiger partial charge in [-0.25, -0.2) is 4.98 Å². The summed E-state index contributed by atoms with van der Waals surface area (Å²) in [6.45, 7) is 1.60. The Morgan fingerprint density at radius 1 is 1.09 bits per heavy atom. The molecule has 1 aromatic heterocycles. The fourth-order valence-electron chi connectivity index (χ4n) is 4.75. The SMILES string of the molecule is O=C(CSc1ncc(-c2ccccc2)n1CC1CCCO1)NC1CCCc2ccccc21. The molecule has 1 aliphatic heterocycles. The number of carbonyl (C=O) groups is 1. The zero-order valence-corrected chi connectivity index (χ0v) is 19.0. The predicted octanol–water partition coefficient (Wildman–Crippen LogP) is 5.02. The van der Waals surface area contributed by atoms with Crippen molar-refractivity contribution in [3.8, 4) is 11.3 Å². The van der Waals surface area contributed by atoms with E-state index in [9.17, 15) is 4.79 Å². The molecule has 0 bridgehead atoms. The Hall–Kier alpha value is -2.57. The second kappa shape index (κ2) is 9.92. The normalized spacial score (nSPS) is 20.1. The first-order chi connectivity index (χ1) is 15.8. The number of imidazole rings is 1. The van der Waals surface area contributed by atoms with Crippen LogP contribution in [0.2, 0.25) is 0 Å². The van der Waals surface area contributed by atoms with Crippen LogP contribution in [-0.4, -0.2) is 33.9 Å². The highest BCUT2D eigenvalue weighted by atomic mass is 32.2. The Morgan fingerprint density at radius 3 is 2.78 bits per heavy atom. The number of nitrogens with one attached hydrogen (secondary N) is 1. The van der Waals surface area contributed by atoms with Crippen LogP contribution in [0.3, 0.4) is 0 Å². The van der Waals surface area contributed by atoms with E-state index in [0.717, 1.165) is 61.7 Å². The summed E-state index contributed by atoms with van der Waals surface area (Å²) in [6.07, 6.45) is 7.51. The molecule has 2 atom stereocenters. The van der Waals surface area contributed by atoms with Crippen molar-refractivity contribution < 1.29 is 9.53 Å². The number of nitrogens with zero attached hydrogens (tertiary/aromatic N) is 2. The molecule has 32 heavy (non-hydrogen) atoms. The van der Waals surface area contributed by atoms with Gasteiger partial charge in [0.15, 0.2) is 5.16 Å². The van der Waals surface area contributed by atoms with E-state index in [1.807, 2.05) is 24.4 Å². The zero-order chi connectivity index (χ0) is 21.8. The number of hydrogen-bond acceptors (Lipinski definition) is 4. The van der Waals surface area contributed by atoms with Crippen molar-refractivity contribution in [1.82, 2.24) is 14.9 Å². The summed E-state index contributed by atoms with van der Waals surface area (Å²) in [5.41, 5.74) is 4.83. The third kappa shape index (κ3) is 4.76. The van der Waals surface area contributed by atoms with Crippen molar-refractivity contribution in [1.29, 1.82) is 0 Å². The van der Waals surface area contributed by atoms with Gasteiger partial charge in [-0.1, -0.05) is 66.4 Å². The van der Waals surface area contributed by atoms with Crippen LogP contribution in [0.15, 0.2) is 66.0 Å². The first-order valence-electron chi connectivity index (χ1n) is 11.5. The van der Waals surface area contributed by atoms with Crippen LogP contribution in [0.25, 0.3) is 11.3 Å². The van der Waals surface area contributed by atoms with E-state index in [4.69, 9.17) is 4.74 Å². The van der Waals surface area contributed by atoms with Gasteiger partial charge in [-0.05, 0) is 48.8 Å². The van der Waals surface area contributed by atoms with Crippen molar-refractivity contribution >= 4 is 17.7 Å². The molecule has 1 amide bonds. The van der Waals surface area contributed by atoms with E-state index in [-0.39, 0.29) is 18.1 Å². The number of carbonyl (C=O) groups excluding carboxylic acids is 1. The molecule has 2 aromatic carbocycles. The van der Waals surface area contributed by atoms with Crippen LogP contribution in [0.4, 0.5) is 0 Å². The maximum Gasteiger partial charge on any atom is 0.230 e. The number of benzene rings is 2. The number of amides is 1. The molecule has 2 unspecified atom stereocenters. The van der Waals surface area contributed by atoms with Crippen molar-refractivity contribution in [2.24, 2.45) is 0 Å². The molecule has 1 fully saturated rings. The van der Waals surface area contributed by atoms with E-state index in [0.29, 0.717) is 5.75 Å². The second-order valence-corrected chi connectivity index (χ2v) is 9.48. The topological polar surface area (TPSA) is 56.2 Å². The molecule has 0 spiro atoms. The molecule has 0 saturated carbocycles. The van der Waals surface area contributed by atoms with Gasteiger partial charge < -0.3 is 14.6 Å². The van der Waals surface area contributed by atoms with Crippen LogP contribution in [0, 0.1) is 0 Å². The number of thioether (sulfide) groups is 1. The lowest BCUT2D eigenvalue weighted by Gasteiger charge is -2.26. The minimum Gasteiger partial charge on any atom is -0.376 e. The van der Waals surface area contributed by atoms with Gasteiger partial charge in [0.1, 0.15) is 0 Å². The summed E-state index contributed by atoms with van der Waals surface area (Å²) in [4.78, 5) is 17.5. The minimum absolute atomic E-state index is 0.0598. The van der Waals surface area contributed by atoms with Crippen LogP contribution in [0.5, 0.6) is 0 Å². The molecule has 2 heterocycles. The molecule has 2 aliphatic rings. The maximum absolute atomic E-state index is 12.8. The van der Waals surface area contributed by atoms with Crippen LogP contribution in [-0.2, 0) is 22.5 Å². The number of aromatic nitrogens is 2. The van der Waals surface area contributed by atoms with Gasteiger partial charge in [-0.15, -0.1) is 0 Å². The molecular formula is C26H29N3O2S. The van der Waals surface area contributed by atoms with Crippen molar-refractivity contribution in [2.45, 2.75) is 56.0 Å². The van der Waals surface area contributed by atoms with Gasteiger partial charge in [-0.2, -0.15) is 0 Å². The Labute approximate surface area is 193 Å². The molecule has 1 N–H and O–H groups in total. The second-order valence-electron chi connectivity index (χ2n) is 8.54. The molecule has 1 saturated heterocycles. The van der Waals surface area contributed by atoms with E-state index in [1.165, 1.54) is 22.9 Å². The number of aryl methyl sites for hydroxylation is 1. The Balaban J connectivity index is 1.29. The quantitative estimate of drug-likeness (QED) is 0.517. The summed E-state index contributed by atoms with van der Waals surface area (Å²) in [6, 6.07) is 18.9. The summed E-state index contributed by atoms with van der Waals surface area (Å²) >= 11 is 1.51. The van der Waals surface area contributed by atoms with Gasteiger partial charge in [0, 0.05) is 6.61 Å². The molecule has 3 aromatic rings. The maximum atomic E-state index is 12.8. The fraction of sp³-hybridized carbons (Fsp3) is 0.385. The van der Waals surface area contributed by atoms with Crippen molar-refractivity contribution in [3.63, 3.8) is 0 Å². The molecule has 166 valence electrons. The lowest BCUT2D eigenvalue weighted by molar-refractivity contribution is -0.119. The molecular weight excluding hydrogens is 418 g/mol. The first-order valence-corrected chi connectivity index (χ1v) is 12.5. The lowest BCUT2D eigenvalue weighted by atomic mass is 9.88. The van der Waals surface area contributed by atoms with Crippen LogP contribution >= 0.6 is 11.8 Å². The van der Waals surface area contributed by atoms with Crippen LogP contribution < -0.4 is 5.32 Å². The van der Waals surface area contributed by atoms with E-state index >= 15 is 0 Å². The van der Waals surface area contributed by atoms with Gasteiger partial charge in [0.2, 0.25) is 5.91 Å². The smallest absolute Gasteiger partial charge is 0.230 e. The largest absolute Gasteiger partial charge is 0.376 e. The third-order valence-corrected chi connectivity index (χ3v) is 7.33. The van der Waals surface area contributed by atoms with Gasteiger partial charge in [0.25, 0.3) is 0 Å². The highest BCUT2D eigenvalue weighted by Crippen LogP contribution is 2.31. The van der Waals surface area contributed by atoms with E-state index in [2.05, 4.69) is 51.3 Å². The van der Waals surface area contributed by atoms with Gasteiger partial charge >= 0.3 is 0 Å². The molecule has 5 nitrogen and oxygen atoms in total. The van der Waals surface area contributed by atoms with Gasteiger partial charge in [0.05, 0.1) is 36.3 Å². The predicted molar refractivity (Wildman–Crippen MR) is 128 cm³/mol. The average molecular weight is 448 g/mol. The summed E-state index contributed by atoms with van der Waals surface area (Å²) < 4.78 is 8.12. The Kier molecular flexibility index (Phi) is 6.60. The molecule has 6 heteroatoms. The first kappa shape index (κ1) is 21.3. The highest BCUT2D eigenvalue weighted by molar-refractivity contribution is 7.99. The molecule has 1 aliphatic carbocycles. The number of rotatable bonds is 7. The van der Waals surface area contributed by atoms with Crippen molar-refractivity contribution in [2.75, 3.05) is 12.4 Å². The van der Waals surface area contributed by atoms with Gasteiger partial charge in [-0.3, -0.25) is 4.79 Å². The lowest BCUT2D eigenvalue weighted by Crippen LogP contribution is -2.32. The Morgan fingerprint density at radius 2 is 1.94 bits per heavy atom. The summed E-state index contributed by atoms with van der Waals surface area (Å²) in [5.74, 6) is 0.416. The molecule has 0 radical (unpaired) electrons. The number of hydrogen-bond donors (Lipinski definition) is 1. The summed E-state index contributed by atoms with van der Waals surface area (Å²) in [5, 5.41) is 4.13. The third-order valence-electron chi connectivity index (χ3n) is 6.34. The number of ether oxygens (including phenoxy) is 1. The minimum atomic E-state index is 0.0598. The highest BCUT2D eigenvalue weighted by Gasteiger charge is 2.23. The fourth-order valence-corrected chi connectivity index (χ4v) is 5.55. The van der Waals surface area contributed by atoms with Crippen LogP contribution in [0.1, 0.15) is 42.9 Å². The van der Waals surface area contributed by atoms with Crippen molar-refractivity contribution in [3.05, 3.63) is 71.9 Å². The molecule has 5 rings (SSSR count). The van der Waals surface area contributed by atoms with E-state index < -0.39 is 0 Å². The van der Waals surface area contributed by atoms with E-state index in [1.54, 1.807) is 0 Å². The Bertz CT molecular complexity index is 1060. The standard InChI is InChI=1S/C26H29N3O2S/c30-25(28-23-14-6-11-19-8-4-5-13-22(19)23)18-32-26-27-16-24(20-9-2-1-3-10-20)29(26)17-21-12-7-15-31-21/h1-5,8-10,13,16,21,23H,6-7,11-12,14-15,17-18H2,(H,28,30). The average Bonchev–Trinajstić information content (AvgIpc) is 3.49. The summed E-state index contributed by atoms with van der Waals surface area (Å²) in [7, 11) is 0.